The van der Waals surface area contributed by atoms with Crippen LogP contribution >= 0.6 is 11.6 Å². The Hall–Kier alpha value is -1.48. The number of methoxy groups -OCH3 is 1. The van der Waals surface area contributed by atoms with Crippen molar-refractivity contribution in [2.45, 2.75) is 19.9 Å². The number of benzene rings is 1. The van der Waals surface area contributed by atoms with Crippen LogP contribution in [0.3, 0.4) is 0 Å². The number of aromatic nitrogens is 1. The molecule has 1 N–H and O–H groups in total. The molecule has 0 bridgehead atoms. The number of pyridine rings is 1. The Bertz CT molecular complexity index is 559. The van der Waals surface area contributed by atoms with Crippen molar-refractivity contribution >= 4 is 28.2 Å². The zero-order valence-electron chi connectivity index (χ0n) is 11.5. The van der Waals surface area contributed by atoms with Crippen LogP contribution in [-0.4, -0.2) is 24.0 Å². The minimum absolute atomic E-state index is 0.266. The summed E-state index contributed by atoms with van der Waals surface area (Å²) in [5.74, 6) is 2.74. The number of hydrogen-bond acceptors (Lipinski definition) is 3. The number of hydrogen-bond donors (Lipinski definition) is 1. The SMILES string of the molecule is COc1cccc2c(NC(C)C(C)CCl)nccc12. The third kappa shape index (κ3) is 2.92. The zero-order valence-corrected chi connectivity index (χ0v) is 12.2. The van der Waals surface area contributed by atoms with E-state index < -0.39 is 0 Å². The fourth-order valence-corrected chi connectivity index (χ4v) is 2.23. The van der Waals surface area contributed by atoms with Crippen LogP contribution in [-0.2, 0) is 0 Å². The van der Waals surface area contributed by atoms with Gasteiger partial charge in [0.15, 0.2) is 0 Å². The highest BCUT2D eigenvalue weighted by molar-refractivity contribution is 6.18. The van der Waals surface area contributed by atoms with Gasteiger partial charge in [0.2, 0.25) is 0 Å². The normalized spacial score (nSPS) is 14.1. The van der Waals surface area contributed by atoms with Gasteiger partial charge in [-0.25, -0.2) is 4.98 Å². The molecule has 0 radical (unpaired) electrons. The van der Waals surface area contributed by atoms with Gasteiger partial charge < -0.3 is 10.1 Å². The molecule has 0 saturated heterocycles. The Balaban J connectivity index is 2.39. The Morgan fingerprint density at radius 1 is 1.26 bits per heavy atom. The summed E-state index contributed by atoms with van der Waals surface area (Å²) >= 11 is 5.90. The second-order valence-electron chi connectivity index (χ2n) is 4.78. The Kier molecular flexibility index (Phi) is 4.48. The fraction of sp³-hybridized carbons (Fsp3) is 0.400. The van der Waals surface area contributed by atoms with Gasteiger partial charge in [-0.3, -0.25) is 0 Å². The summed E-state index contributed by atoms with van der Waals surface area (Å²) in [4.78, 5) is 4.43. The topological polar surface area (TPSA) is 34.1 Å². The fourth-order valence-electron chi connectivity index (χ4n) is 1.96. The maximum atomic E-state index is 5.90. The first-order valence-electron chi connectivity index (χ1n) is 6.41. The average Bonchev–Trinajstić information content (AvgIpc) is 2.46. The minimum Gasteiger partial charge on any atom is -0.496 e. The van der Waals surface area contributed by atoms with E-state index in [1.54, 1.807) is 13.3 Å². The van der Waals surface area contributed by atoms with E-state index in [-0.39, 0.29) is 6.04 Å². The highest BCUT2D eigenvalue weighted by atomic mass is 35.5. The Morgan fingerprint density at radius 3 is 2.74 bits per heavy atom. The highest BCUT2D eigenvalue weighted by Gasteiger charge is 2.13. The molecule has 2 unspecified atom stereocenters. The summed E-state index contributed by atoms with van der Waals surface area (Å²) in [7, 11) is 1.68. The lowest BCUT2D eigenvalue weighted by atomic mass is 10.1. The van der Waals surface area contributed by atoms with Crippen molar-refractivity contribution in [1.29, 1.82) is 0 Å². The van der Waals surface area contributed by atoms with Crippen LogP contribution in [0.15, 0.2) is 30.5 Å². The van der Waals surface area contributed by atoms with Gasteiger partial charge in [-0.15, -0.1) is 11.6 Å². The molecule has 0 amide bonds. The standard InChI is InChI=1S/C15H19ClN2O/c1-10(9-16)11(2)18-15-13-5-4-6-14(19-3)12(13)7-8-17-15/h4-8,10-11H,9H2,1-3H3,(H,17,18). The van der Waals surface area contributed by atoms with Crippen molar-refractivity contribution in [3.05, 3.63) is 30.5 Å². The van der Waals surface area contributed by atoms with Crippen LogP contribution in [0.1, 0.15) is 13.8 Å². The highest BCUT2D eigenvalue weighted by Crippen LogP contribution is 2.29. The zero-order chi connectivity index (χ0) is 13.8. The van der Waals surface area contributed by atoms with E-state index in [2.05, 4.69) is 24.1 Å². The number of anilines is 1. The first-order chi connectivity index (χ1) is 9.17. The molecule has 1 aromatic heterocycles. The molecule has 0 saturated carbocycles. The van der Waals surface area contributed by atoms with E-state index in [4.69, 9.17) is 16.3 Å². The summed E-state index contributed by atoms with van der Waals surface area (Å²) in [6, 6.07) is 8.21. The maximum absolute atomic E-state index is 5.90. The summed E-state index contributed by atoms with van der Waals surface area (Å²) in [6.45, 7) is 4.24. The first kappa shape index (κ1) is 13.9. The molecule has 102 valence electrons. The molecule has 2 rings (SSSR count). The second-order valence-corrected chi connectivity index (χ2v) is 5.09. The van der Waals surface area contributed by atoms with Gasteiger partial charge in [0.25, 0.3) is 0 Å². The number of ether oxygens (including phenoxy) is 1. The van der Waals surface area contributed by atoms with Crippen LogP contribution in [0.25, 0.3) is 10.8 Å². The largest absolute Gasteiger partial charge is 0.496 e. The Morgan fingerprint density at radius 2 is 2.05 bits per heavy atom. The van der Waals surface area contributed by atoms with Crippen molar-refractivity contribution in [3.8, 4) is 5.75 Å². The van der Waals surface area contributed by atoms with E-state index in [0.29, 0.717) is 11.8 Å². The average molecular weight is 279 g/mol. The van der Waals surface area contributed by atoms with Gasteiger partial charge >= 0.3 is 0 Å². The van der Waals surface area contributed by atoms with Crippen molar-refractivity contribution in [3.63, 3.8) is 0 Å². The van der Waals surface area contributed by atoms with E-state index in [0.717, 1.165) is 22.3 Å². The van der Waals surface area contributed by atoms with Gasteiger partial charge in [-0.2, -0.15) is 0 Å². The van der Waals surface area contributed by atoms with Gasteiger partial charge in [0.05, 0.1) is 7.11 Å². The lowest BCUT2D eigenvalue weighted by Crippen LogP contribution is -2.25. The quantitative estimate of drug-likeness (QED) is 0.842. The molecule has 1 heterocycles. The molecule has 0 fully saturated rings. The van der Waals surface area contributed by atoms with Crippen LogP contribution in [0.4, 0.5) is 5.82 Å². The van der Waals surface area contributed by atoms with Crippen LogP contribution in [0.5, 0.6) is 5.75 Å². The number of halogens is 1. The summed E-state index contributed by atoms with van der Waals surface area (Å²) < 4.78 is 5.38. The molecule has 19 heavy (non-hydrogen) atoms. The molecule has 0 aliphatic rings. The molecule has 2 atom stereocenters. The molecule has 2 aromatic rings. The van der Waals surface area contributed by atoms with Crippen molar-refractivity contribution in [1.82, 2.24) is 4.98 Å². The van der Waals surface area contributed by atoms with Crippen LogP contribution < -0.4 is 10.1 Å². The van der Waals surface area contributed by atoms with Crippen molar-refractivity contribution < 1.29 is 4.74 Å². The molecular formula is C15H19ClN2O. The lowest BCUT2D eigenvalue weighted by Gasteiger charge is -2.20. The number of nitrogens with zero attached hydrogens (tertiary/aromatic N) is 1. The lowest BCUT2D eigenvalue weighted by molar-refractivity contribution is 0.420. The minimum atomic E-state index is 0.266. The third-order valence-corrected chi connectivity index (χ3v) is 3.93. The van der Waals surface area contributed by atoms with Crippen molar-refractivity contribution in [2.24, 2.45) is 5.92 Å². The van der Waals surface area contributed by atoms with Crippen molar-refractivity contribution in [2.75, 3.05) is 18.3 Å². The summed E-state index contributed by atoms with van der Waals surface area (Å²) in [6.07, 6.45) is 1.80. The third-order valence-electron chi connectivity index (χ3n) is 3.45. The van der Waals surface area contributed by atoms with Gasteiger partial charge in [-0.1, -0.05) is 19.1 Å². The van der Waals surface area contributed by atoms with Gasteiger partial charge in [-0.05, 0) is 25.0 Å². The van der Waals surface area contributed by atoms with E-state index in [1.165, 1.54) is 0 Å². The molecule has 3 nitrogen and oxygen atoms in total. The number of nitrogens with one attached hydrogen (secondary N) is 1. The molecular weight excluding hydrogens is 260 g/mol. The predicted molar refractivity (Wildman–Crippen MR) is 81.3 cm³/mol. The molecule has 0 aliphatic heterocycles. The smallest absolute Gasteiger partial charge is 0.134 e. The second kappa shape index (κ2) is 6.11. The van der Waals surface area contributed by atoms with Gasteiger partial charge in [0, 0.05) is 28.9 Å². The number of alkyl halides is 1. The first-order valence-corrected chi connectivity index (χ1v) is 6.95. The van der Waals surface area contributed by atoms with E-state index in [1.807, 2.05) is 24.3 Å². The number of fused-ring (bicyclic) bond motifs is 1. The van der Waals surface area contributed by atoms with Crippen LogP contribution in [0.2, 0.25) is 0 Å². The van der Waals surface area contributed by atoms with Crippen LogP contribution in [0, 0.1) is 5.92 Å². The maximum Gasteiger partial charge on any atom is 0.134 e. The van der Waals surface area contributed by atoms with E-state index in [9.17, 15) is 0 Å². The monoisotopic (exact) mass is 278 g/mol. The Labute approximate surface area is 118 Å². The summed E-state index contributed by atoms with van der Waals surface area (Å²) in [5, 5.41) is 5.56. The van der Waals surface area contributed by atoms with Gasteiger partial charge in [0.1, 0.15) is 11.6 Å². The molecule has 4 heteroatoms. The number of rotatable bonds is 5. The van der Waals surface area contributed by atoms with E-state index >= 15 is 0 Å². The molecule has 0 spiro atoms. The predicted octanol–water partition coefficient (Wildman–Crippen LogP) is 3.92. The molecule has 1 aromatic carbocycles. The molecule has 0 aliphatic carbocycles. The summed E-state index contributed by atoms with van der Waals surface area (Å²) in [5.41, 5.74) is 0.